The molecule has 35 heavy (non-hydrogen) atoms. The van der Waals surface area contributed by atoms with Crippen LogP contribution in [0.5, 0.6) is 0 Å². The summed E-state index contributed by atoms with van der Waals surface area (Å²) in [5.41, 5.74) is 5.59. The maximum atomic E-state index is 12.7. The number of ether oxygens (including phenoxy) is 1. The summed E-state index contributed by atoms with van der Waals surface area (Å²) < 4.78 is 18.9. The Bertz CT molecular complexity index is 1380. The van der Waals surface area contributed by atoms with E-state index in [1.807, 2.05) is 0 Å². The van der Waals surface area contributed by atoms with Crippen molar-refractivity contribution >= 4 is 35.5 Å². The van der Waals surface area contributed by atoms with Gasteiger partial charge < -0.3 is 39.2 Å². The number of hydrogen-bond donors (Lipinski definition) is 4. The SMILES string of the molecule is Cc1cn(C2CC(O)C(COP([O-])(=S)OC(CO)Cn3cnc4c(N)ncnc43)O2)c(=O)[nH]c1=O. The number of rotatable bonds is 9. The molecule has 1 aliphatic rings. The van der Waals surface area contributed by atoms with Crippen LogP contribution in [0.25, 0.3) is 11.2 Å². The van der Waals surface area contributed by atoms with Crippen molar-refractivity contribution in [1.29, 1.82) is 0 Å². The van der Waals surface area contributed by atoms with E-state index in [1.165, 1.54) is 30.3 Å². The summed E-state index contributed by atoms with van der Waals surface area (Å²) in [6.07, 6.45) is 0.0915. The zero-order chi connectivity index (χ0) is 25.3. The topological polar surface area (TPSA) is 216 Å². The fourth-order valence-corrected chi connectivity index (χ4v) is 5.03. The maximum Gasteiger partial charge on any atom is 0.330 e. The highest BCUT2D eigenvalue weighted by atomic mass is 32.5. The van der Waals surface area contributed by atoms with E-state index in [0.29, 0.717) is 16.7 Å². The minimum Gasteiger partial charge on any atom is -0.780 e. The van der Waals surface area contributed by atoms with Gasteiger partial charge in [0.05, 0.1) is 32.2 Å². The quantitative estimate of drug-likeness (QED) is 0.219. The van der Waals surface area contributed by atoms with Gasteiger partial charge in [-0.25, -0.2) is 19.7 Å². The van der Waals surface area contributed by atoms with Gasteiger partial charge in [-0.1, -0.05) is 11.8 Å². The average molecular weight is 528 g/mol. The van der Waals surface area contributed by atoms with Gasteiger partial charge in [0.1, 0.15) is 37.0 Å². The Morgan fingerprint density at radius 1 is 1.43 bits per heavy atom. The third kappa shape index (κ3) is 5.65. The molecule has 4 rings (SSSR count). The number of imidazole rings is 1. The van der Waals surface area contributed by atoms with Crippen LogP contribution in [-0.4, -0.2) is 70.8 Å². The van der Waals surface area contributed by atoms with Gasteiger partial charge in [0.2, 0.25) is 0 Å². The van der Waals surface area contributed by atoms with E-state index in [2.05, 4.69) is 19.9 Å². The molecule has 5 N–H and O–H groups in total. The molecular weight excluding hydrogens is 505 g/mol. The predicted molar refractivity (Wildman–Crippen MR) is 123 cm³/mol. The smallest absolute Gasteiger partial charge is 0.330 e. The summed E-state index contributed by atoms with van der Waals surface area (Å²) >= 11 is 4.94. The summed E-state index contributed by atoms with van der Waals surface area (Å²) in [4.78, 5) is 50.6. The number of nitrogens with one attached hydrogen (secondary N) is 1. The number of aryl methyl sites for hydroxylation is 1. The molecular formula is C18H23N7O8PS-. The third-order valence-electron chi connectivity index (χ3n) is 5.37. The summed E-state index contributed by atoms with van der Waals surface area (Å²) in [5.74, 6) is 0.181. The number of aromatic nitrogens is 6. The van der Waals surface area contributed by atoms with Crippen LogP contribution in [0.15, 0.2) is 28.4 Å². The molecule has 0 aromatic carbocycles. The van der Waals surface area contributed by atoms with Crippen molar-refractivity contribution in [3.8, 4) is 0 Å². The molecule has 5 atom stereocenters. The van der Waals surface area contributed by atoms with E-state index in [1.54, 1.807) is 0 Å². The van der Waals surface area contributed by atoms with Gasteiger partial charge in [-0.2, -0.15) is 0 Å². The van der Waals surface area contributed by atoms with Crippen LogP contribution in [-0.2, 0) is 32.1 Å². The van der Waals surface area contributed by atoms with E-state index < -0.39 is 55.7 Å². The number of H-pyrrole nitrogens is 1. The van der Waals surface area contributed by atoms with E-state index in [-0.39, 0.29) is 18.8 Å². The van der Waals surface area contributed by atoms with Gasteiger partial charge >= 0.3 is 5.69 Å². The second kappa shape index (κ2) is 10.2. The van der Waals surface area contributed by atoms with Crippen LogP contribution in [0.1, 0.15) is 18.2 Å². The second-order valence-corrected chi connectivity index (χ2v) is 10.6. The molecule has 1 aliphatic heterocycles. The molecule has 0 aliphatic carbocycles. The van der Waals surface area contributed by atoms with Crippen LogP contribution in [0, 0.1) is 6.92 Å². The maximum absolute atomic E-state index is 12.7. The zero-order valence-electron chi connectivity index (χ0n) is 18.4. The summed E-state index contributed by atoms with van der Waals surface area (Å²) in [5, 5.41) is 20.0. The molecule has 0 amide bonds. The first-order valence-electron chi connectivity index (χ1n) is 10.4. The van der Waals surface area contributed by atoms with Crippen molar-refractivity contribution in [3.63, 3.8) is 0 Å². The predicted octanol–water partition coefficient (Wildman–Crippen LogP) is -2.11. The van der Waals surface area contributed by atoms with E-state index >= 15 is 0 Å². The number of hydrogen-bond acceptors (Lipinski definition) is 13. The fraction of sp³-hybridized carbons (Fsp3) is 0.500. The molecule has 17 heteroatoms. The summed E-state index contributed by atoms with van der Waals surface area (Å²) in [6, 6.07) is 0. The Morgan fingerprint density at radius 2 is 2.20 bits per heavy atom. The third-order valence-corrected chi connectivity index (χ3v) is 6.96. The lowest BCUT2D eigenvalue weighted by molar-refractivity contribution is -0.215. The largest absolute Gasteiger partial charge is 0.780 e. The Labute approximate surface area is 202 Å². The van der Waals surface area contributed by atoms with E-state index in [4.69, 9.17) is 31.3 Å². The minimum atomic E-state index is -4.12. The lowest BCUT2D eigenvalue weighted by Gasteiger charge is -2.32. The molecule has 3 aromatic heterocycles. The molecule has 1 saturated heterocycles. The minimum absolute atomic E-state index is 0.00739. The van der Waals surface area contributed by atoms with E-state index in [0.717, 1.165) is 4.57 Å². The number of nitrogens with two attached hydrogens (primary N) is 1. The molecule has 0 spiro atoms. The highest BCUT2D eigenvalue weighted by Crippen LogP contribution is 2.42. The van der Waals surface area contributed by atoms with Gasteiger partial charge in [0, 0.05) is 18.2 Å². The van der Waals surface area contributed by atoms with Gasteiger partial charge in [0.15, 0.2) is 11.5 Å². The Morgan fingerprint density at radius 3 is 2.94 bits per heavy atom. The monoisotopic (exact) mass is 528 g/mol. The van der Waals surface area contributed by atoms with Crippen molar-refractivity contribution in [1.82, 2.24) is 29.1 Å². The van der Waals surface area contributed by atoms with Gasteiger partial charge in [0.25, 0.3) is 5.56 Å². The van der Waals surface area contributed by atoms with Crippen molar-refractivity contribution in [2.45, 2.75) is 44.4 Å². The number of nitrogens with zero attached hydrogens (tertiary/aromatic N) is 5. The molecule has 0 saturated carbocycles. The number of aliphatic hydroxyl groups is 2. The van der Waals surface area contributed by atoms with Crippen molar-refractivity contribution < 1.29 is 28.9 Å². The Hall–Kier alpha value is -2.56. The van der Waals surface area contributed by atoms with Crippen LogP contribution in [0.4, 0.5) is 5.82 Å². The number of nitrogen functional groups attached to an aromatic ring is 1. The van der Waals surface area contributed by atoms with Crippen molar-refractivity contribution in [3.05, 3.63) is 45.3 Å². The number of aromatic amines is 1. The summed E-state index contributed by atoms with van der Waals surface area (Å²) in [7, 11) is 0. The Kier molecular flexibility index (Phi) is 7.44. The molecule has 0 bridgehead atoms. The van der Waals surface area contributed by atoms with Gasteiger partial charge in [-0.15, -0.1) is 0 Å². The van der Waals surface area contributed by atoms with Crippen molar-refractivity contribution in [2.75, 3.05) is 18.9 Å². The first-order valence-corrected chi connectivity index (χ1v) is 13.0. The molecule has 15 nitrogen and oxygen atoms in total. The lowest BCUT2D eigenvalue weighted by Crippen LogP contribution is -2.33. The lowest BCUT2D eigenvalue weighted by atomic mass is 10.2. The van der Waals surface area contributed by atoms with Crippen LogP contribution < -0.4 is 21.9 Å². The molecule has 0 radical (unpaired) electrons. The van der Waals surface area contributed by atoms with Crippen LogP contribution in [0.2, 0.25) is 0 Å². The highest BCUT2D eigenvalue weighted by Gasteiger charge is 2.36. The van der Waals surface area contributed by atoms with Crippen molar-refractivity contribution in [2.24, 2.45) is 0 Å². The summed E-state index contributed by atoms with van der Waals surface area (Å²) in [6.45, 7) is -3.54. The van der Waals surface area contributed by atoms with Crippen LogP contribution in [0.3, 0.4) is 0 Å². The molecule has 3 aromatic rings. The average Bonchev–Trinajstić information content (AvgIpc) is 3.38. The number of fused-ring (bicyclic) bond motifs is 1. The molecule has 5 unspecified atom stereocenters. The van der Waals surface area contributed by atoms with Gasteiger partial charge in [-0.05, 0) is 6.92 Å². The van der Waals surface area contributed by atoms with Crippen LogP contribution >= 0.6 is 6.72 Å². The fourth-order valence-electron chi connectivity index (χ4n) is 3.59. The molecule has 1 fully saturated rings. The Balaban J connectivity index is 1.37. The number of anilines is 1. The number of aliphatic hydroxyl groups excluding tert-OH is 2. The zero-order valence-corrected chi connectivity index (χ0v) is 20.1. The first-order chi connectivity index (χ1) is 16.6. The standard InChI is InChI=1S/C18H24N7O8PS/c1-9-3-25(18(29)23-17(9)28)13-2-11(27)12(32-13)6-31-34(30,35)33-10(5-26)4-24-8-22-14-15(19)20-7-21-16(14)24/h3,7-8,10-13,26-27H,2,4-6H2,1H3,(H,30,35)(H2,19,20,21)(H,23,28,29)/p-1. The molecule has 4 heterocycles. The van der Waals surface area contributed by atoms with E-state index in [9.17, 15) is 24.7 Å². The highest BCUT2D eigenvalue weighted by molar-refractivity contribution is 8.06. The first kappa shape index (κ1) is 25.5. The normalized spacial score (nSPS) is 22.9. The second-order valence-electron chi connectivity index (χ2n) is 7.89. The van der Waals surface area contributed by atoms with Gasteiger partial charge in [-0.3, -0.25) is 14.3 Å². The molecule has 190 valence electrons.